The van der Waals surface area contributed by atoms with Crippen LogP contribution in [0.4, 0.5) is 18.9 Å². The average molecular weight is 355 g/mol. The van der Waals surface area contributed by atoms with Crippen molar-refractivity contribution in [1.82, 2.24) is 0 Å². The maximum Gasteiger partial charge on any atom is 0.416 e. The molecule has 0 aromatic heterocycles. The Morgan fingerprint density at radius 2 is 1.71 bits per heavy atom. The summed E-state index contributed by atoms with van der Waals surface area (Å²) in [6.07, 6.45) is -2.49. The molecule has 0 fully saturated rings. The first-order chi connectivity index (χ1) is 11.4. The molecular formula is C17H16F3NO2S. The van der Waals surface area contributed by atoms with Gasteiger partial charge in [0, 0.05) is 5.69 Å². The van der Waals surface area contributed by atoms with E-state index in [1.165, 1.54) is 23.9 Å². The van der Waals surface area contributed by atoms with Gasteiger partial charge in [-0.25, -0.2) is 0 Å². The minimum absolute atomic E-state index is 0.0825. The molecule has 0 atom stereocenters. The van der Waals surface area contributed by atoms with Crippen molar-refractivity contribution in [2.24, 2.45) is 0 Å². The van der Waals surface area contributed by atoms with Crippen LogP contribution in [-0.2, 0) is 17.6 Å². The van der Waals surface area contributed by atoms with Crippen LogP contribution in [-0.4, -0.2) is 17.9 Å². The summed E-state index contributed by atoms with van der Waals surface area (Å²) in [5.41, 5.74) is 0.618. The highest BCUT2D eigenvalue weighted by Crippen LogP contribution is 2.29. The van der Waals surface area contributed by atoms with Gasteiger partial charge in [-0.15, -0.1) is 0 Å². The highest BCUT2D eigenvalue weighted by molar-refractivity contribution is 7.99. The Kier molecular flexibility index (Phi) is 6.14. The number of ether oxygens (including phenoxy) is 1. The van der Waals surface area contributed by atoms with E-state index in [-0.39, 0.29) is 12.5 Å². The quantitative estimate of drug-likeness (QED) is 0.824. The van der Waals surface area contributed by atoms with E-state index in [1.807, 2.05) is 6.26 Å². The molecule has 2 aromatic carbocycles. The van der Waals surface area contributed by atoms with Gasteiger partial charge in [-0.1, -0.05) is 12.1 Å². The molecule has 128 valence electrons. The molecule has 0 bridgehead atoms. The van der Waals surface area contributed by atoms with Crippen molar-refractivity contribution in [1.29, 1.82) is 0 Å². The largest absolute Gasteiger partial charge is 0.489 e. The molecule has 2 aromatic rings. The third kappa shape index (κ3) is 5.49. The number of alkyl halides is 3. The van der Waals surface area contributed by atoms with Gasteiger partial charge in [-0.2, -0.15) is 24.9 Å². The first kappa shape index (κ1) is 18.2. The van der Waals surface area contributed by atoms with E-state index in [0.29, 0.717) is 22.8 Å². The SMILES string of the molecule is CSCC(=O)Nc1ccc(OCc2ccc(C(F)(F)F)cc2)cc1. The van der Waals surface area contributed by atoms with Crippen molar-refractivity contribution in [2.45, 2.75) is 12.8 Å². The molecule has 0 spiro atoms. The summed E-state index contributed by atoms with van der Waals surface area (Å²) in [7, 11) is 0. The third-order valence-electron chi connectivity index (χ3n) is 3.10. The number of halogens is 3. The van der Waals surface area contributed by atoms with Crippen LogP contribution in [0.15, 0.2) is 48.5 Å². The van der Waals surface area contributed by atoms with Crippen molar-refractivity contribution < 1.29 is 22.7 Å². The molecule has 0 aliphatic carbocycles. The number of hydrogen-bond donors (Lipinski definition) is 1. The lowest BCUT2D eigenvalue weighted by Gasteiger charge is -2.10. The predicted octanol–water partition coefficient (Wildman–Crippen LogP) is 4.59. The Morgan fingerprint density at radius 1 is 1.08 bits per heavy atom. The molecule has 1 amide bonds. The monoisotopic (exact) mass is 355 g/mol. The van der Waals surface area contributed by atoms with Gasteiger partial charge < -0.3 is 10.1 Å². The topological polar surface area (TPSA) is 38.3 Å². The Morgan fingerprint density at radius 3 is 2.25 bits per heavy atom. The fourth-order valence-electron chi connectivity index (χ4n) is 1.92. The van der Waals surface area contributed by atoms with Crippen LogP contribution in [0, 0.1) is 0 Å². The molecule has 1 N–H and O–H groups in total. The lowest BCUT2D eigenvalue weighted by Crippen LogP contribution is -2.13. The third-order valence-corrected chi connectivity index (χ3v) is 3.65. The van der Waals surface area contributed by atoms with Crippen LogP contribution in [0.5, 0.6) is 5.75 Å². The maximum absolute atomic E-state index is 12.5. The van der Waals surface area contributed by atoms with E-state index in [9.17, 15) is 18.0 Å². The zero-order valence-electron chi connectivity index (χ0n) is 12.9. The summed E-state index contributed by atoms with van der Waals surface area (Å²) in [5, 5.41) is 2.74. The summed E-state index contributed by atoms with van der Waals surface area (Å²) >= 11 is 1.43. The van der Waals surface area contributed by atoms with Gasteiger partial charge in [-0.05, 0) is 48.2 Å². The van der Waals surface area contributed by atoms with Crippen LogP contribution >= 0.6 is 11.8 Å². The second-order valence-electron chi connectivity index (χ2n) is 4.99. The van der Waals surface area contributed by atoms with Gasteiger partial charge in [-0.3, -0.25) is 4.79 Å². The van der Waals surface area contributed by atoms with Crippen molar-refractivity contribution >= 4 is 23.4 Å². The molecule has 0 aliphatic heterocycles. The summed E-state index contributed by atoms with van der Waals surface area (Å²) in [6.45, 7) is 0.163. The fourth-order valence-corrected chi connectivity index (χ4v) is 2.25. The van der Waals surface area contributed by atoms with E-state index in [2.05, 4.69) is 5.32 Å². The summed E-state index contributed by atoms with van der Waals surface area (Å²) in [6, 6.07) is 11.6. The second-order valence-corrected chi connectivity index (χ2v) is 5.85. The van der Waals surface area contributed by atoms with Crippen LogP contribution < -0.4 is 10.1 Å². The van der Waals surface area contributed by atoms with Gasteiger partial charge in [0.1, 0.15) is 12.4 Å². The van der Waals surface area contributed by atoms with Gasteiger partial charge in [0.05, 0.1) is 11.3 Å². The van der Waals surface area contributed by atoms with E-state index >= 15 is 0 Å². The summed E-state index contributed by atoms with van der Waals surface area (Å²) in [4.78, 5) is 11.5. The second kappa shape index (κ2) is 8.10. The maximum atomic E-state index is 12.5. The number of benzene rings is 2. The molecule has 0 radical (unpaired) electrons. The van der Waals surface area contributed by atoms with Crippen molar-refractivity contribution in [3.8, 4) is 5.75 Å². The number of hydrogen-bond acceptors (Lipinski definition) is 3. The number of carbonyl (C=O) groups is 1. The Bertz CT molecular complexity index is 670. The molecule has 0 saturated heterocycles. The van der Waals surface area contributed by atoms with Gasteiger partial charge in [0.15, 0.2) is 0 Å². The number of carbonyl (C=O) groups excluding carboxylic acids is 1. The van der Waals surface area contributed by atoms with Crippen LogP contribution in [0.1, 0.15) is 11.1 Å². The number of amides is 1. The normalized spacial score (nSPS) is 11.2. The Hall–Kier alpha value is -2.15. The molecular weight excluding hydrogens is 339 g/mol. The molecule has 24 heavy (non-hydrogen) atoms. The summed E-state index contributed by atoms with van der Waals surface area (Å²) in [5.74, 6) is 0.866. The smallest absolute Gasteiger partial charge is 0.416 e. The van der Waals surface area contributed by atoms with Crippen LogP contribution in [0.3, 0.4) is 0 Å². The molecule has 0 heterocycles. The molecule has 3 nitrogen and oxygen atoms in total. The van der Waals surface area contributed by atoms with Gasteiger partial charge >= 0.3 is 6.18 Å². The molecule has 7 heteroatoms. The van der Waals surface area contributed by atoms with E-state index in [4.69, 9.17) is 4.74 Å². The minimum atomic E-state index is -4.34. The number of thioether (sulfide) groups is 1. The number of anilines is 1. The zero-order chi connectivity index (χ0) is 17.6. The van der Waals surface area contributed by atoms with Crippen molar-refractivity contribution in [2.75, 3.05) is 17.3 Å². The van der Waals surface area contributed by atoms with Crippen molar-refractivity contribution in [3.63, 3.8) is 0 Å². The zero-order valence-corrected chi connectivity index (χ0v) is 13.7. The first-order valence-corrected chi connectivity index (χ1v) is 8.45. The molecule has 2 rings (SSSR count). The van der Waals surface area contributed by atoms with E-state index < -0.39 is 11.7 Å². The lowest BCUT2D eigenvalue weighted by atomic mass is 10.1. The average Bonchev–Trinajstić information content (AvgIpc) is 2.54. The van der Waals surface area contributed by atoms with Crippen molar-refractivity contribution in [3.05, 3.63) is 59.7 Å². The summed E-state index contributed by atoms with van der Waals surface area (Å²) < 4.78 is 43.0. The minimum Gasteiger partial charge on any atom is -0.489 e. The Balaban J connectivity index is 1.89. The fraction of sp³-hybridized carbons (Fsp3) is 0.235. The molecule has 0 aliphatic rings. The van der Waals surface area contributed by atoms with Crippen LogP contribution in [0.25, 0.3) is 0 Å². The van der Waals surface area contributed by atoms with Gasteiger partial charge in [0.2, 0.25) is 5.91 Å². The molecule has 0 saturated carbocycles. The predicted molar refractivity (Wildman–Crippen MR) is 89.2 cm³/mol. The van der Waals surface area contributed by atoms with Crippen LogP contribution in [0.2, 0.25) is 0 Å². The standard InChI is InChI=1S/C17H16F3NO2S/c1-24-11-16(22)21-14-6-8-15(9-7-14)23-10-12-2-4-13(5-3-12)17(18,19)20/h2-9H,10-11H2,1H3,(H,21,22). The lowest BCUT2D eigenvalue weighted by molar-refractivity contribution is -0.137. The Labute approximate surface area is 142 Å². The first-order valence-electron chi connectivity index (χ1n) is 7.06. The van der Waals surface area contributed by atoms with E-state index in [0.717, 1.165) is 12.1 Å². The highest BCUT2D eigenvalue weighted by Gasteiger charge is 2.29. The van der Waals surface area contributed by atoms with E-state index in [1.54, 1.807) is 24.3 Å². The highest BCUT2D eigenvalue weighted by atomic mass is 32.2. The molecule has 0 unspecified atom stereocenters. The number of nitrogens with one attached hydrogen (secondary N) is 1. The number of rotatable bonds is 6. The van der Waals surface area contributed by atoms with Gasteiger partial charge in [0.25, 0.3) is 0 Å².